The first-order valence-electron chi connectivity index (χ1n) is 6.34. The van der Waals surface area contributed by atoms with Gasteiger partial charge in [-0.3, -0.25) is 4.90 Å². The Kier molecular flexibility index (Phi) is 5.20. The SMILES string of the molecule is O=CC1CCCN(CCOc2cccc(Br)c2)C1. The fourth-order valence-electron chi connectivity index (χ4n) is 2.25. The molecule has 0 saturated carbocycles. The fourth-order valence-corrected chi connectivity index (χ4v) is 2.63. The number of carbonyl (C=O) groups excluding carboxylic acids is 1. The highest BCUT2D eigenvalue weighted by Crippen LogP contribution is 2.18. The molecule has 98 valence electrons. The summed E-state index contributed by atoms with van der Waals surface area (Å²) in [4.78, 5) is 13.1. The Morgan fingerprint density at radius 1 is 1.50 bits per heavy atom. The minimum atomic E-state index is 0.213. The maximum absolute atomic E-state index is 10.8. The fraction of sp³-hybridized carbons (Fsp3) is 0.500. The molecule has 2 rings (SSSR count). The Morgan fingerprint density at radius 3 is 3.17 bits per heavy atom. The first-order valence-corrected chi connectivity index (χ1v) is 7.13. The quantitative estimate of drug-likeness (QED) is 0.783. The van der Waals surface area contributed by atoms with Gasteiger partial charge in [-0.25, -0.2) is 0 Å². The van der Waals surface area contributed by atoms with Crippen LogP contribution in [0.1, 0.15) is 12.8 Å². The lowest BCUT2D eigenvalue weighted by molar-refractivity contribution is -0.112. The average Bonchev–Trinajstić information content (AvgIpc) is 2.39. The maximum atomic E-state index is 10.8. The molecule has 1 saturated heterocycles. The van der Waals surface area contributed by atoms with E-state index in [4.69, 9.17) is 4.74 Å². The van der Waals surface area contributed by atoms with Gasteiger partial charge in [0.25, 0.3) is 0 Å². The molecule has 0 amide bonds. The molecule has 1 aliphatic heterocycles. The predicted octanol–water partition coefficient (Wildman–Crippen LogP) is 2.74. The second kappa shape index (κ2) is 6.90. The van der Waals surface area contributed by atoms with Crippen LogP contribution in [-0.2, 0) is 4.79 Å². The number of carbonyl (C=O) groups is 1. The molecule has 1 atom stereocenters. The zero-order valence-electron chi connectivity index (χ0n) is 10.3. The van der Waals surface area contributed by atoms with E-state index in [1.165, 1.54) is 0 Å². The monoisotopic (exact) mass is 311 g/mol. The van der Waals surface area contributed by atoms with Crippen molar-refractivity contribution in [2.45, 2.75) is 12.8 Å². The highest BCUT2D eigenvalue weighted by molar-refractivity contribution is 9.10. The van der Waals surface area contributed by atoms with E-state index >= 15 is 0 Å². The van der Waals surface area contributed by atoms with Crippen LogP contribution in [-0.4, -0.2) is 37.4 Å². The van der Waals surface area contributed by atoms with Crippen molar-refractivity contribution in [1.29, 1.82) is 0 Å². The van der Waals surface area contributed by atoms with Crippen LogP contribution in [0.4, 0.5) is 0 Å². The number of ether oxygens (including phenoxy) is 1. The van der Waals surface area contributed by atoms with Gasteiger partial charge in [-0.05, 0) is 37.6 Å². The molecule has 0 N–H and O–H groups in total. The van der Waals surface area contributed by atoms with Gasteiger partial charge in [0.05, 0.1) is 0 Å². The predicted molar refractivity (Wildman–Crippen MR) is 74.9 cm³/mol. The van der Waals surface area contributed by atoms with Crippen LogP contribution in [0.3, 0.4) is 0 Å². The number of halogens is 1. The van der Waals surface area contributed by atoms with Gasteiger partial charge in [0.15, 0.2) is 0 Å². The van der Waals surface area contributed by atoms with Crippen LogP contribution in [0, 0.1) is 5.92 Å². The molecule has 0 aliphatic carbocycles. The molecule has 0 radical (unpaired) electrons. The second-order valence-electron chi connectivity index (χ2n) is 4.64. The lowest BCUT2D eigenvalue weighted by atomic mass is 10.00. The topological polar surface area (TPSA) is 29.5 Å². The van der Waals surface area contributed by atoms with Crippen LogP contribution in [0.25, 0.3) is 0 Å². The summed E-state index contributed by atoms with van der Waals surface area (Å²) in [5.41, 5.74) is 0. The van der Waals surface area contributed by atoms with Gasteiger partial charge in [-0.1, -0.05) is 22.0 Å². The van der Waals surface area contributed by atoms with Crippen LogP contribution in [0.2, 0.25) is 0 Å². The first kappa shape index (κ1) is 13.6. The Bertz CT molecular complexity index is 397. The summed E-state index contributed by atoms with van der Waals surface area (Å²) < 4.78 is 6.73. The molecule has 18 heavy (non-hydrogen) atoms. The van der Waals surface area contributed by atoms with E-state index in [0.29, 0.717) is 6.61 Å². The molecule has 1 heterocycles. The van der Waals surface area contributed by atoms with Crippen molar-refractivity contribution in [3.05, 3.63) is 28.7 Å². The molecule has 1 aliphatic rings. The molecule has 3 nitrogen and oxygen atoms in total. The van der Waals surface area contributed by atoms with Crippen molar-refractivity contribution >= 4 is 22.2 Å². The van der Waals surface area contributed by atoms with Gasteiger partial charge < -0.3 is 9.53 Å². The van der Waals surface area contributed by atoms with Gasteiger partial charge in [-0.15, -0.1) is 0 Å². The highest BCUT2D eigenvalue weighted by atomic mass is 79.9. The van der Waals surface area contributed by atoms with E-state index in [0.717, 1.165) is 49.0 Å². The van der Waals surface area contributed by atoms with E-state index in [1.54, 1.807) is 0 Å². The average molecular weight is 312 g/mol. The third-order valence-corrected chi connectivity index (χ3v) is 3.70. The Morgan fingerprint density at radius 2 is 2.39 bits per heavy atom. The normalized spacial score (nSPS) is 20.6. The zero-order chi connectivity index (χ0) is 12.8. The molecule has 1 fully saturated rings. The van der Waals surface area contributed by atoms with Gasteiger partial charge in [0, 0.05) is 23.5 Å². The number of nitrogens with zero attached hydrogens (tertiary/aromatic N) is 1. The molecule has 1 unspecified atom stereocenters. The van der Waals surface area contributed by atoms with Crippen LogP contribution < -0.4 is 4.74 Å². The highest BCUT2D eigenvalue weighted by Gasteiger charge is 2.18. The lowest BCUT2D eigenvalue weighted by Crippen LogP contribution is -2.38. The van der Waals surface area contributed by atoms with Crippen LogP contribution in [0.15, 0.2) is 28.7 Å². The summed E-state index contributed by atoms with van der Waals surface area (Å²) in [5, 5.41) is 0. The number of rotatable bonds is 5. The Hall–Kier alpha value is -0.870. The number of likely N-dealkylation sites (tertiary alicyclic amines) is 1. The van der Waals surface area contributed by atoms with E-state index in [9.17, 15) is 4.79 Å². The van der Waals surface area contributed by atoms with Crippen LogP contribution >= 0.6 is 15.9 Å². The molecule has 1 aromatic rings. The van der Waals surface area contributed by atoms with Crippen molar-refractivity contribution < 1.29 is 9.53 Å². The van der Waals surface area contributed by atoms with Gasteiger partial charge in [0.1, 0.15) is 18.6 Å². The van der Waals surface area contributed by atoms with E-state index in [-0.39, 0.29) is 5.92 Å². The van der Waals surface area contributed by atoms with Crippen molar-refractivity contribution in [2.24, 2.45) is 5.92 Å². The zero-order valence-corrected chi connectivity index (χ0v) is 11.9. The molecular formula is C14H18BrNO2. The van der Waals surface area contributed by atoms with E-state index in [1.807, 2.05) is 24.3 Å². The summed E-state index contributed by atoms with van der Waals surface area (Å²) in [6.45, 7) is 3.51. The number of aldehydes is 1. The maximum Gasteiger partial charge on any atom is 0.124 e. The lowest BCUT2D eigenvalue weighted by Gasteiger charge is -2.29. The van der Waals surface area contributed by atoms with E-state index < -0.39 is 0 Å². The number of piperidine rings is 1. The third-order valence-electron chi connectivity index (χ3n) is 3.21. The Labute approximate surface area is 116 Å². The number of hydrogen-bond donors (Lipinski definition) is 0. The minimum Gasteiger partial charge on any atom is -0.492 e. The summed E-state index contributed by atoms with van der Waals surface area (Å²) in [6.07, 6.45) is 3.23. The Balaban J connectivity index is 1.73. The summed E-state index contributed by atoms with van der Waals surface area (Å²) in [7, 11) is 0. The molecule has 1 aromatic carbocycles. The number of hydrogen-bond acceptors (Lipinski definition) is 3. The molecular weight excluding hydrogens is 294 g/mol. The van der Waals surface area contributed by atoms with Crippen molar-refractivity contribution in [1.82, 2.24) is 4.90 Å². The number of benzene rings is 1. The largest absolute Gasteiger partial charge is 0.492 e. The smallest absolute Gasteiger partial charge is 0.124 e. The molecule has 0 aromatic heterocycles. The summed E-state index contributed by atoms with van der Waals surface area (Å²) >= 11 is 3.42. The van der Waals surface area contributed by atoms with Crippen molar-refractivity contribution in [3.63, 3.8) is 0 Å². The minimum absolute atomic E-state index is 0.213. The summed E-state index contributed by atoms with van der Waals surface area (Å²) in [5.74, 6) is 1.10. The molecule has 0 spiro atoms. The summed E-state index contributed by atoms with van der Waals surface area (Å²) in [6, 6.07) is 7.86. The molecule has 0 bridgehead atoms. The molecule has 4 heteroatoms. The third kappa shape index (κ3) is 4.10. The van der Waals surface area contributed by atoms with Gasteiger partial charge in [-0.2, -0.15) is 0 Å². The van der Waals surface area contributed by atoms with Gasteiger partial charge in [0.2, 0.25) is 0 Å². The van der Waals surface area contributed by atoms with Crippen molar-refractivity contribution in [2.75, 3.05) is 26.2 Å². The van der Waals surface area contributed by atoms with Gasteiger partial charge >= 0.3 is 0 Å². The van der Waals surface area contributed by atoms with Crippen LogP contribution in [0.5, 0.6) is 5.75 Å². The second-order valence-corrected chi connectivity index (χ2v) is 5.56. The van der Waals surface area contributed by atoms with E-state index in [2.05, 4.69) is 20.8 Å². The first-order chi connectivity index (χ1) is 8.78. The standard InChI is InChI=1S/C14H18BrNO2/c15-13-4-1-5-14(9-13)18-8-7-16-6-2-3-12(10-16)11-17/h1,4-5,9,11-12H,2-3,6-8,10H2. The van der Waals surface area contributed by atoms with Crippen molar-refractivity contribution in [3.8, 4) is 5.75 Å².